The van der Waals surface area contributed by atoms with Crippen molar-refractivity contribution in [3.8, 4) is 6.01 Å². The first-order valence-electron chi connectivity index (χ1n) is 4.28. The van der Waals surface area contributed by atoms with E-state index in [0.29, 0.717) is 11.7 Å². The normalized spacial score (nSPS) is 10.6. The van der Waals surface area contributed by atoms with Crippen LogP contribution in [-0.2, 0) is 0 Å². The Balaban J connectivity index is 2.32. The van der Waals surface area contributed by atoms with Crippen LogP contribution in [0.15, 0.2) is 18.2 Å². The molecule has 1 aromatic heterocycles. The van der Waals surface area contributed by atoms with Crippen LogP contribution in [0.25, 0.3) is 11.0 Å². The Bertz CT molecular complexity index is 439. The number of hydrogen-bond donors (Lipinski definition) is 3. The molecular formula is C9H11N3O2. The third-order valence-corrected chi connectivity index (χ3v) is 1.81. The fourth-order valence-electron chi connectivity index (χ4n) is 1.21. The molecule has 0 fully saturated rings. The van der Waals surface area contributed by atoms with Crippen LogP contribution in [0.1, 0.15) is 0 Å². The zero-order chi connectivity index (χ0) is 9.97. The first-order valence-corrected chi connectivity index (χ1v) is 4.28. The van der Waals surface area contributed by atoms with E-state index in [-0.39, 0.29) is 13.2 Å². The Morgan fingerprint density at radius 2 is 2.36 bits per heavy atom. The number of rotatable bonds is 3. The molecule has 0 aliphatic carbocycles. The van der Waals surface area contributed by atoms with Gasteiger partial charge in [-0.1, -0.05) is 0 Å². The van der Waals surface area contributed by atoms with E-state index in [9.17, 15) is 0 Å². The lowest BCUT2D eigenvalue weighted by Gasteiger charge is -1.96. The van der Waals surface area contributed by atoms with Crippen molar-refractivity contribution in [1.29, 1.82) is 0 Å². The molecule has 0 saturated carbocycles. The topological polar surface area (TPSA) is 84.2 Å². The molecule has 0 unspecified atom stereocenters. The van der Waals surface area contributed by atoms with Gasteiger partial charge in [0.25, 0.3) is 6.01 Å². The number of nitrogens with zero attached hydrogens (tertiary/aromatic N) is 1. The van der Waals surface area contributed by atoms with Crippen LogP contribution in [0.3, 0.4) is 0 Å². The van der Waals surface area contributed by atoms with Crippen molar-refractivity contribution in [2.45, 2.75) is 0 Å². The number of nitrogens with one attached hydrogen (secondary N) is 1. The van der Waals surface area contributed by atoms with Crippen molar-refractivity contribution < 1.29 is 9.84 Å². The molecule has 5 nitrogen and oxygen atoms in total. The quantitative estimate of drug-likeness (QED) is 0.620. The minimum atomic E-state index is -0.0286. The third kappa shape index (κ3) is 1.62. The molecule has 4 N–H and O–H groups in total. The maximum Gasteiger partial charge on any atom is 0.294 e. The number of H-pyrrole nitrogens is 1. The van der Waals surface area contributed by atoms with E-state index in [1.54, 1.807) is 12.1 Å². The smallest absolute Gasteiger partial charge is 0.294 e. The standard InChI is InChI=1S/C9H11N3O2/c10-6-1-2-7-8(5-6)12-9(11-7)14-4-3-13/h1-2,5,13H,3-4,10H2,(H,11,12). The van der Waals surface area contributed by atoms with Crippen LogP contribution in [0, 0.1) is 0 Å². The van der Waals surface area contributed by atoms with E-state index in [1.165, 1.54) is 0 Å². The van der Waals surface area contributed by atoms with Gasteiger partial charge in [0.2, 0.25) is 0 Å². The van der Waals surface area contributed by atoms with Crippen LogP contribution < -0.4 is 10.5 Å². The Morgan fingerprint density at radius 3 is 3.14 bits per heavy atom. The minimum Gasteiger partial charge on any atom is -0.462 e. The summed E-state index contributed by atoms with van der Waals surface area (Å²) in [4.78, 5) is 7.09. The summed E-state index contributed by atoms with van der Waals surface area (Å²) < 4.78 is 5.12. The van der Waals surface area contributed by atoms with Crippen LogP contribution in [0.2, 0.25) is 0 Å². The van der Waals surface area contributed by atoms with Crippen molar-refractivity contribution in [2.75, 3.05) is 18.9 Å². The van der Waals surface area contributed by atoms with Crippen LogP contribution >= 0.6 is 0 Å². The summed E-state index contributed by atoms with van der Waals surface area (Å²) >= 11 is 0. The molecule has 0 atom stereocenters. The molecule has 0 radical (unpaired) electrons. The Morgan fingerprint density at radius 1 is 1.50 bits per heavy atom. The number of anilines is 1. The number of aliphatic hydroxyl groups is 1. The first-order chi connectivity index (χ1) is 6.79. The van der Waals surface area contributed by atoms with Crippen LogP contribution in [-0.4, -0.2) is 28.3 Å². The molecule has 0 aliphatic heterocycles. The summed E-state index contributed by atoms with van der Waals surface area (Å²) in [6.07, 6.45) is 0. The highest BCUT2D eigenvalue weighted by Crippen LogP contribution is 2.17. The number of ether oxygens (including phenoxy) is 1. The number of fused-ring (bicyclic) bond motifs is 1. The molecule has 0 saturated heterocycles. The van der Waals surface area contributed by atoms with Crippen molar-refractivity contribution in [1.82, 2.24) is 9.97 Å². The van der Waals surface area contributed by atoms with Crippen LogP contribution in [0.4, 0.5) is 5.69 Å². The average Bonchev–Trinajstić information content (AvgIpc) is 2.56. The monoisotopic (exact) mass is 193 g/mol. The molecule has 14 heavy (non-hydrogen) atoms. The number of nitrogens with two attached hydrogens (primary N) is 1. The minimum absolute atomic E-state index is 0.0286. The number of nitrogen functional groups attached to an aromatic ring is 1. The average molecular weight is 193 g/mol. The second-order valence-corrected chi connectivity index (χ2v) is 2.89. The van der Waals surface area contributed by atoms with Gasteiger partial charge in [0, 0.05) is 5.69 Å². The van der Waals surface area contributed by atoms with E-state index in [2.05, 4.69) is 9.97 Å². The zero-order valence-corrected chi connectivity index (χ0v) is 7.53. The number of hydrogen-bond acceptors (Lipinski definition) is 4. The molecule has 0 spiro atoms. The van der Waals surface area contributed by atoms with Gasteiger partial charge in [-0.2, -0.15) is 4.98 Å². The van der Waals surface area contributed by atoms with E-state index in [1.807, 2.05) is 6.07 Å². The maximum atomic E-state index is 8.56. The van der Waals surface area contributed by atoms with Gasteiger partial charge in [0.05, 0.1) is 17.6 Å². The molecule has 5 heteroatoms. The Hall–Kier alpha value is -1.75. The molecule has 2 aromatic rings. The number of benzene rings is 1. The molecule has 2 rings (SSSR count). The maximum absolute atomic E-state index is 8.56. The van der Waals surface area contributed by atoms with E-state index < -0.39 is 0 Å². The molecule has 0 bridgehead atoms. The molecule has 1 aromatic carbocycles. The third-order valence-electron chi connectivity index (χ3n) is 1.81. The summed E-state index contributed by atoms with van der Waals surface area (Å²) in [6, 6.07) is 5.78. The Kier molecular flexibility index (Phi) is 2.24. The van der Waals surface area contributed by atoms with Crippen molar-refractivity contribution in [2.24, 2.45) is 0 Å². The first kappa shape index (κ1) is 8.83. The fourth-order valence-corrected chi connectivity index (χ4v) is 1.21. The van der Waals surface area contributed by atoms with Gasteiger partial charge in [-0.3, -0.25) is 0 Å². The van der Waals surface area contributed by atoms with Gasteiger partial charge in [-0.25, -0.2) is 0 Å². The summed E-state index contributed by atoms with van der Waals surface area (Å²) in [5, 5.41) is 8.56. The summed E-state index contributed by atoms with van der Waals surface area (Å²) in [5.74, 6) is 0. The number of imidazole rings is 1. The molecular weight excluding hydrogens is 182 g/mol. The fraction of sp³-hybridized carbons (Fsp3) is 0.222. The summed E-state index contributed by atoms with van der Waals surface area (Å²) in [6.45, 7) is 0.203. The second kappa shape index (κ2) is 3.55. The molecule has 0 amide bonds. The number of aromatic amines is 1. The predicted molar refractivity (Wildman–Crippen MR) is 53.1 cm³/mol. The highest BCUT2D eigenvalue weighted by Gasteiger charge is 2.02. The number of aliphatic hydroxyl groups excluding tert-OH is 1. The molecule has 1 heterocycles. The van der Waals surface area contributed by atoms with E-state index in [4.69, 9.17) is 15.6 Å². The van der Waals surface area contributed by atoms with Gasteiger partial charge >= 0.3 is 0 Å². The largest absolute Gasteiger partial charge is 0.462 e. The van der Waals surface area contributed by atoms with E-state index >= 15 is 0 Å². The van der Waals surface area contributed by atoms with Gasteiger partial charge in [0.1, 0.15) is 6.61 Å². The molecule has 0 aliphatic rings. The predicted octanol–water partition coefficient (Wildman–Crippen LogP) is 0.516. The van der Waals surface area contributed by atoms with E-state index in [0.717, 1.165) is 11.0 Å². The second-order valence-electron chi connectivity index (χ2n) is 2.89. The lowest BCUT2D eigenvalue weighted by Crippen LogP contribution is -2.02. The molecule has 74 valence electrons. The number of aromatic nitrogens is 2. The zero-order valence-electron chi connectivity index (χ0n) is 7.53. The lowest BCUT2D eigenvalue weighted by atomic mass is 10.3. The van der Waals surface area contributed by atoms with Gasteiger partial charge in [-0.15, -0.1) is 0 Å². The lowest BCUT2D eigenvalue weighted by molar-refractivity contribution is 0.193. The van der Waals surface area contributed by atoms with Crippen molar-refractivity contribution in [3.05, 3.63) is 18.2 Å². The van der Waals surface area contributed by atoms with Gasteiger partial charge in [-0.05, 0) is 18.2 Å². The highest BCUT2D eigenvalue weighted by molar-refractivity contribution is 5.79. The van der Waals surface area contributed by atoms with Gasteiger partial charge in [0.15, 0.2) is 0 Å². The van der Waals surface area contributed by atoms with Crippen LogP contribution in [0.5, 0.6) is 6.01 Å². The summed E-state index contributed by atoms with van der Waals surface area (Å²) in [7, 11) is 0. The van der Waals surface area contributed by atoms with Gasteiger partial charge < -0.3 is 20.6 Å². The Labute approximate surface area is 80.5 Å². The van der Waals surface area contributed by atoms with Crippen molar-refractivity contribution >= 4 is 16.7 Å². The van der Waals surface area contributed by atoms with Crippen molar-refractivity contribution in [3.63, 3.8) is 0 Å². The summed E-state index contributed by atoms with van der Waals surface area (Å²) in [5.41, 5.74) is 7.91. The SMILES string of the molecule is Nc1ccc2nc(OCCO)[nH]c2c1. The highest BCUT2D eigenvalue weighted by atomic mass is 16.5.